The van der Waals surface area contributed by atoms with E-state index < -0.39 is 0 Å². The molecular weight excluding hydrogens is 338 g/mol. The molecule has 1 atom stereocenters. The maximum Gasteiger partial charge on any atom is 0.255 e. The summed E-state index contributed by atoms with van der Waals surface area (Å²) in [5, 5.41) is 0. The Balaban J connectivity index is 1.37. The van der Waals surface area contributed by atoms with Gasteiger partial charge in [-0.05, 0) is 50.7 Å². The van der Waals surface area contributed by atoms with E-state index in [1.54, 1.807) is 0 Å². The van der Waals surface area contributed by atoms with Crippen molar-refractivity contribution in [3.05, 3.63) is 29.8 Å². The molecule has 5 heteroatoms. The minimum atomic E-state index is 0.218. The topological polar surface area (TPSA) is 36.0 Å². The smallest absolute Gasteiger partial charge is 0.255 e. The van der Waals surface area contributed by atoms with Gasteiger partial charge in [0.25, 0.3) is 5.91 Å². The second-order valence-electron chi connectivity index (χ2n) is 8.23. The first-order valence-electron chi connectivity index (χ1n) is 10.7. The highest BCUT2D eigenvalue weighted by Gasteiger charge is 2.31. The molecule has 1 amide bonds. The van der Waals surface area contributed by atoms with Gasteiger partial charge in [-0.25, -0.2) is 0 Å². The molecule has 0 N–H and O–H groups in total. The minimum absolute atomic E-state index is 0.218. The molecule has 0 unspecified atom stereocenters. The highest BCUT2D eigenvalue weighted by atomic mass is 16.5. The fraction of sp³-hybridized carbons (Fsp3) is 0.682. The third kappa shape index (κ3) is 4.14. The molecule has 3 saturated heterocycles. The number of rotatable bonds is 4. The van der Waals surface area contributed by atoms with Gasteiger partial charge in [0.1, 0.15) is 0 Å². The lowest BCUT2D eigenvalue weighted by Crippen LogP contribution is -2.49. The average Bonchev–Trinajstić information content (AvgIpc) is 3.28. The van der Waals surface area contributed by atoms with Crippen molar-refractivity contribution in [2.24, 2.45) is 5.92 Å². The lowest BCUT2D eigenvalue weighted by atomic mass is 9.89. The predicted molar refractivity (Wildman–Crippen MR) is 108 cm³/mol. The summed E-state index contributed by atoms with van der Waals surface area (Å²) in [6, 6.07) is 8.77. The molecule has 0 bridgehead atoms. The Labute approximate surface area is 163 Å². The Kier molecular flexibility index (Phi) is 5.98. The van der Waals surface area contributed by atoms with Crippen molar-refractivity contribution in [2.45, 2.75) is 38.6 Å². The van der Waals surface area contributed by atoms with Gasteiger partial charge in [0.05, 0.1) is 18.8 Å². The summed E-state index contributed by atoms with van der Waals surface area (Å²) in [6.07, 6.45) is 4.67. The zero-order valence-corrected chi connectivity index (χ0v) is 16.6. The van der Waals surface area contributed by atoms with Gasteiger partial charge < -0.3 is 14.5 Å². The number of nitrogens with zero attached hydrogens (tertiary/aromatic N) is 3. The molecular formula is C22H33N3O2. The van der Waals surface area contributed by atoms with Crippen LogP contribution in [0.15, 0.2) is 24.3 Å². The zero-order valence-electron chi connectivity index (χ0n) is 16.6. The average molecular weight is 372 g/mol. The monoisotopic (exact) mass is 371 g/mol. The van der Waals surface area contributed by atoms with Gasteiger partial charge in [-0.15, -0.1) is 0 Å². The fourth-order valence-electron chi connectivity index (χ4n) is 4.93. The van der Waals surface area contributed by atoms with Crippen LogP contribution in [0.3, 0.4) is 0 Å². The molecule has 0 spiro atoms. The van der Waals surface area contributed by atoms with E-state index in [0.717, 1.165) is 76.6 Å². The normalized spacial score (nSPS) is 23.6. The summed E-state index contributed by atoms with van der Waals surface area (Å²) in [5.74, 6) is 0.899. The SMILES string of the molecule is C[C@@H](C1CCN(C(=O)c2ccccc2N2CCCC2)CC1)N1CCOCC1. The fourth-order valence-corrected chi connectivity index (χ4v) is 4.93. The van der Waals surface area contributed by atoms with Crippen molar-refractivity contribution in [3.63, 3.8) is 0 Å². The maximum atomic E-state index is 13.2. The molecule has 3 fully saturated rings. The van der Waals surface area contributed by atoms with E-state index >= 15 is 0 Å². The van der Waals surface area contributed by atoms with Gasteiger partial charge in [0.2, 0.25) is 0 Å². The van der Waals surface area contributed by atoms with E-state index in [9.17, 15) is 4.79 Å². The van der Waals surface area contributed by atoms with Crippen LogP contribution in [0.25, 0.3) is 0 Å². The first kappa shape index (κ1) is 18.8. The number of hydrogen-bond donors (Lipinski definition) is 0. The number of anilines is 1. The van der Waals surface area contributed by atoms with Crippen LogP contribution in [-0.4, -0.2) is 74.2 Å². The van der Waals surface area contributed by atoms with E-state index in [-0.39, 0.29) is 5.91 Å². The standard InChI is InChI=1S/C22H33N3O2/c1-18(23-14-16-27-17-15-23)19-8-12-25(13-9-19)22(26)20-6-2-3-7-21(20)24-10-4-5-11-24/h2-3,6-7,18-19H,4-5,8-17H2,1H3/t18-/m0/s1. The molecule has 148 valence electrons. The second kappa shape index (κ2) is 8.61. The number of likely N-dealkylation sites (tertiary alicyclic amines) is 1. The van der Waals surface area contributed by atoms with E-state index in [1.165, 1.54) is 12.8 Å². The van der Waals surface area contributed by atoms with E-state index in [1.807, 2.05) is 12.1 Å². The predicted octanol–water partition coefficient (Wildman–Crippen LogP) is 2.86. The highest BCUT2D eigenvalue weighted by molar-refractivity contribution is 6.00. The summed E-state index contributed by atoms with van der Waals surface area (Å²) < 4.78 is 5.49. The zero-order chi connectivity index (χ0) is 18.6. The maximum absolute atomic E-state index is 13.2. The molecule has 0 saturated carbocycles. The molecule has 3 aliphatic rings. The first-order valence-corrected chi connectivity index (χ1v) is 10.7. The van der Waals surface area contributed by atoms with Crippen LogP contribution in [0.4, 0.5) is 5.69 Å². The summed E-state index contributed by atoms with van der Waals surface area (Å²) in [6.45, 7) is 10.1. The molecule has 0 aromatic heterocycles. The van der Waals surface area contributed by atoms with Crippen molar-refractivity contribution in [2.75, 3.05) is 57.4 Å². The van der Waals surface area contributed by atoms with E-state index in [2.05, 4.69) is 33.8 Å². The Morgan fingerprint density at radius 2 is 1.67 bits per heavy atom. The Hall–Kier alpha value is -1.59. The van der Waals surface area contributed by atoms with Crippen LogP contribution >= 0.6 is 0 Å². The molecule has 5 nitrogen and oxygen atoms in total. The molecule has 1 aromatic carbocycles. The van der Waals surface area contributed by atoms with Crippen LogP contribution in [0.5, 0.6) is 0 Å². The third-order valence-electron chi connectivity index (χ3n) is 6.71. The lowest BCUT2D eigenvalue weighted by Gasteiger charge is -2.41. The first-order chi connectivity index (χ1) is 13.2. The van der Waals surface area contributed by atoms with Crippen LogP contribution in [-0.2, 0) is 4.74 Å². The number of benzene rings is 1. The molecule has 0 radical (unpaired) electrons. The van der Waals surface area contributed by atoms with Crippen LogP contribution in [0.1, 0.15) is 43.0 Å². The third-order valence-corrected chi connectivity index (χ3v) is 6.71. The van der Waals surface area contributed by atoms with Crippen molar-refractivity contribution in [3.8, 4) is 0 Å². The number of para-hydroxylation sites is 1. The van der Waals surface area contributed by atoms with Crippen LogP contribution in [0, 0.1) is 5.92 Å². The van der Waals surface area contributed by atoms with Crippen molar-refractivity contribution in [1.29, 1.82) is 0 Å². The number of piperidine rings is 1. The summed E-state index contributed by atoms with van der Waals surface area (Å²) in [7, 11) is 0. The van der Waals surface area contributed by atoms with Crippen LogP contribution < -0.4 is 4.90 Å². The van der Waals surface area contributed by atoms with Gasteiger partial charge in [0, 0.05) is 51.0 Å². The molecule has 3 heterocycles. The molecule has 1 aromatic rings. The lowest BCUT2D eigenvalue weighted by molar-refractivity contribution is -0.000946. The molecule has 27 heavy (non-hydrogen) atoms. The largest absolute Gasteiger partial charge is 0.379 e. The number of carbonyl (C=O) groups excluding carboxylic acids is 1. The van der Waals surface area contributed by atoms with Crippen LogP contribution in [0.2, 0.25) is 0 Å². The molecule has 4 rings (SSSR count). The summed E-state index contributed by atoms with van der Waals surface area (Å²) >= 11 is 0. The van der Waals surface area contributed by atoms with Crippen molar-refractivity contribution >= 4 is 11.6 Å². The number of carbonyl (C=O) groups is 1. The second-order valence-corrected chi connectivity index (χ2v) is 8.23. The Morgan fingerprint density at radius 3 is 2.37 bits per heavy atom. The van der Waals surface area contributed by atoms with Gasteiger partial charge in [-0.3, -0.25) is 9.69 Å². The summed E-state index contributed by atoms with van der Waals surface area (Å²) in [4.78, 5) is 20.2. The van der Waals surface area contributed by atoms with E-state index in [4.69, 9.17) is 4.74 Å². The molecule has 3 aliphatic heterocycles. The van der Waals surface area contributed by atoms with Gasteiger partial charge in [0.15, 0.2) is 0 Å². The quantitative estimate of drug-likeness (QED) is 0.815. The number of morpholine rings is 1. The van der Waals surface area contributed by atoms with E-state index in [0.29, 0.717) is 12.0 Å². The number of amides is 1. The minimum Gasteiger partial charge on any atom is -0.379 e. The Bertz CT molecular complexity index is 630. The highest BCUT2D eigenvalue weighted by Crippen LogP contribution is 2.29. The van der Waals surface area contributed by atoms with Gasteiger partial charge >= 0.3 is 0 Å². The number of hydrogen-bond acceptors (Lipinski definition) is 4. The van der Waals surface area contributed by atoms with Crippen molar-refractivity contribution < 1.29 is 9.53 Å². The van der Waals surface area contributed by atoms with Gasteiger partial charge in [-0.2, -0.15) is 0 Å². The molecule has 0 aliphatic carbocycles. The summed E-state index contributed by atoms with van der Waals surface area (Å²) in [5.41, 5.74) is 2.02. The van der Waals surface area contributed by atoms with Crippen molar-refractivity contribution in [1.82, 2.24) is 9.80 Å². The van der Waals surface area contributed by atoms with Gasteiger partial charge in [-0.1, -0.05) is 12.1 Å². The number of ether oxygens (including phenoxy) is 1. The Morgan fingerprint density at radius 1 is 1.00 bits per heavy atom.